The van der Waals surface area contributed by atoms with E-state index in [1.807, 2.05) is 68.4 Å². The van der Waals surface area contributed by atoms with Crippen molar-refractivity contribution >= 4 is 30.7 Å². The zero-order chi connectivity index (χ0) is 20.4. The van der Waals surface area contributed by atoms with Crippen molar-refractivity contribution in [1.82, 2.24) is 15.1 Å². The lowest BCUT2D eigenvalue weighted by Gasteiger charge is -2.43. The number of nitrogens with zero attached hydrogens (tertiary/aromatic N) is 3. The highest BCUT2D eigenvalue weighted by molar-refractivity contribution is 7.11. The fourth-order valence-electron chi connectivity index (χ4n) is 3.80. The maximum atomic E-state index is 13.1. The summed E-state index contributed by atoms with van der Waals surface area (Å²) >= 11 is 1.54. The summed E-state index contributed by atoms with van der Waals surface area (Å²) in [6.07, 6.45) is 0.893. The first kappa shape index (κ1) is 19.6. The molecular weight excluding hydrogens is 381 g/mol. The van der Waals surface area contributed by atoms with Gasteiger partial charge >= 0.3 is 6.09 Å². The third kappa shape index (κ3) is 4.05. The quantitative estimate of drug-likeness (QED) is 0.610. The minimum atomic E-state index is -0.734. The standard InChI is InChI=1S/C22H22BN3O2S/c1-15(17-8-10-19(23)11-9-17)26-13-12-22(28-21(26)27,18-6-4-3-5-7-18)14-20-25-24-16(2)29-20/h3-11,15H,12-14H2,1-2H3/t15-,22-/m0/s1. The van der Waals surface area contributed by atoms with E-state index < -0.39 is 5.60 Å². The second-order valence-electron chi connectivity index (χ2n) is 7.41. The van der Waals surface area contributed by atoms with Crippen LogP contribution in [-0.4, -0.2) is 35.6 Å². The number of hydrogen-bond donors (Lipinski definition) is 0. The Labute approximate surface area is 176 Å². The number of aromatic nitrogens is 2. The Balaban J connectivity index is 1.60. The number of benzene rings is 2. The molecule has 1 aliphatic rings. The van der Waals surface area contributed by atoms with Crippen molar-refractivity contribution in [2.75, 3.05) is 6.54 Å². The molecule has 0 bridgehead atoms. The Morgan fingerprint density at radius 1 is 1.17 bits per heavy atom. The van der Waals surface area contributed by atoms with Crippen LogP contribution in [0.2, 0.25) is 0 Å². The van der Waals surface area contributed by atoms with Crippen molar-refractivity contribution in [2.45, 2.75) is 38.3 Å². The maximum absolute atomic E-state index is 13.1. The van der Waals surface area contributed by atoms with Gasteiger partial charge in [-0.3, -0.25) is 0 Å². The lowest BCUT2D eigenvalue weighted by atomic mass is 9.85. The molecule has 3 aromatic rings. The van der Waals surface area contributed by atoms with Crippen molar-refractivity contribution in [1.29, 1.82) is 0 Å². The van der Waals surface area contributed by atoms with Gasteiger partial charge in [-0.05, 0) is 25.0 Å². The molecule has 1 amide bonds. The van der Waals surface area contributed by atoms with Gasteiger partial charge in [0.2, 0.25) is 0 Å². The Hall–Kier alpha value is -2.67. The van der Waals surface area contributed by atoms with Crippen LogP contribution in [0.15, 0.2) is 54.6 Å². The van der Waals surface area contributed by atoms with E-state index in [0.717, 1.165) is 21.1 Å². The van der Waals surface area contributed by atoms with Gasteiger partial charge in [0.15, 0.2) is 0 Å². The number of cyclic esters (lactones) is 1. The van der Waals surface area contributed by atoms with Crippen LogP contribution in [0, 0.1) is 6.92 Å². The van der Waals surface area contributed by atoms with Crippen molar-refractivity contribution in [3.63, 3.8) is 0 Å². The lowest BCUT2D eigenvalue weighted by Crippen LogP contribution is -2.49. The Morgan fingerprint density at radius 3 is 2.52 bits per heavy atom. The zero-order valence-corrected chi connectivity index (χ0v) is 17.4. The molecule has 7 heteroatoms. The number of amides is 1. The van der Waals surface area contributed by atoms with E-state index >= 15 is 0 Å². The van der Waals surface area contributed by atoms with Gasteiger partial charge < -0.3 is 9.64 Å². The predicted octanol–water partition coefficient (Wildman–Crippen LogP) is 3.68. The van der Waals surface area contributed by atoms with Crippen molar-refractivity contribution in [3.8, 4) is 0 Å². The van der Waals surface area contributed by atoms with Crippen molar-refractivity contribution in [3.05, 3.63) is 75.7 Å². The van der Waals surface area contributed by atoms with Crippen LogP contribution in [-0.2, 0) is 16.8 Å². The first-order valence-electron chi connectivity index (χ1n) is 9.66. The molecule has 2 atom stereocenters. The third-order valence-electron chi connectivity index (χ3n) is 5.46. The molecule has 0 spiro atoms. The molecule has 0 N–H and O–H groups in total. The van der Waals surface area contributed by atoms with Gasteiger partial charge in [0.1, 0.15) is 23.5 Å². The molecule has 2 radical (unpaired) electrons. The van der Waals surface area contributed by atoms with Crippen LogP contribution < -0.4 is 5.46 Å². The molecule has 1 saturated heterocycles. The predicted molar refractivity (Wildman–Crippen MR) is 115 cm³/mol. The van der Waals surface area contributed by atoms with Gasteiger partial charge in [-0.2, -0.15) is 0 Å². The van der Waals surface area contributed by atoms with Gasteiger partial charge in [-0.25, -0.2) is 4.79 Å². The fourth-order valence-corrected chi connectivity index (χ4v) is 4.61. The summed E-state index contributed by atoms with van der Waals surface area (Å²) in [6.45, 7) is 4.53. The van der Waals surface area contributed by atoms with E-state index in [0.29, 0.717) is 24.8 Å². The highest BCUT2D eigenvalue weighted by Crippen LogP contribution is 2.39. The molecule has 1 fully saturated rings. The molecule has 0 unspecified atom stereocenters. The van der Waals surface area contributed by atoms with Gasteiger partial charge in [-0.1, -0.05) is 60.1 Å². The molecule has 29 heavy (non-hydrogen) atoms. The fraction of sp³-hybridized carbons (Fsp3) is 0.318. The molecule has 2 heterocycles. The first-order chi connectivity index (χ1) is 14.0. The average molecular weight is 403 g/mol. The largest absolute Gasteiger partial charge is 0.437 e. The first-order valence-corrected chi connectivity index (χ1v) is 10.5. The van der Waals surface area contributed by atoms with Crippen LogP contribution >= 0.6 is 11.3 Å². The van der Waals surface area contributed by atoms with Crippen molar-refractivity contribution < 1.29 is 9.53 Å². The summed E-state index contributed by atoms with van der Waals surface area (Å²) in [4.78, 5) is 14.9. The smallest absolute Gasteiger partial charge is 0.411 e. The zero-order valence-electron chi connectivity index (χ0n) is 16.5. The second-order valence-corrected chi connectivity index (χ2v) is 8.67. The SMILES string of the molecule is [B]c1ccc([C@H](C)N2CC[C@](Cc3nnc(C)s3)(c3ccccc3)OC2=O)cc1. The Morgan fingerprint density at radius 2 is 1.90 bits per heavy atom. The molecule has 0 aliphatic carbocycles. The van der Waals surface area contributed by atoms with E-state index in [9.17, 15) is 4.79 Å². The molecule has 1 aromatic heterocycles. The maximum Gasteiger partial charge on any atom is 0.411 e. The van der Waals surface area contributed by atoms with Crippen LogP contribution in [0.25, 0.3) is 0 Å². The number of carbonyl (C=O) groups is 1. The van der Waals surface area contributed by atoms with E-state index in [2.05, 4.69) is 10.2 Å². The highest BCUT2D eigenvalue weighted by atomic mass is 32.1. The summed E-state index contributed by atoms with van der Waals surface area (Å²) < 4.78 is 6.15. The van der Waals surface area contributed by atoms with Gasteiger partial charge in [0.25, 0.3) is 0 Å². The minimum Gasteiger partial charge on any atom is -0.437 e. The molecule has 1 aliphatic heterocycles. The Bertz CT molecular complexity index is 993. The molecular formula is C22H22BN3O2S. The van der Waals surface area contributed by atoms with Crippen LogP contribution in [0.5, 0.6) is 0 Å². The van der Waals surface area contributed by atoms with E-state index in [1.165, 1.54) is 0 Å². The summed E-state index contributed by atoms with van der Waals surface area (Å²) in [5.41, 5.74) is 1.99. The molecule has 5 nitrogen and oxygen atoms in total. The van der Waals surface area contributed by atoms with Crippen LogP contribution in [0.3, 0.4) is 0 Å². The monoisotopic (exact) mass is 403 g/mol. The minimum absolute atomic E-state index is 0.0966. The number of rotatable bonds is 5. The molecule has 2 aromatic carbocycles. The van der Waals surface area contributed by atoms with Gasteiger partial charge in [-0.15, -0.1) is 21.5 Å². The van der Waals surface area contributed by atoms with E-state index in [1.54, 1.807) is 16.2 Å². The summed E-state index contributed by atoms with van der Waals surface area (Å²) in [6, 6.07) is 17.5. The highest BCUT2D eigenvalue weighted by Gasteiger charge is 2.44. The molecule has 146 valence electrons. The number of aryl methyl sites for hydroxylation is 1. The second kappa shape index (κ2) is 7.99. The van der Waals surface area contributed by atoms with Gasteiger partial charge in [0.05, 0.1) is 6.04 Å². The van der Waals surface area contributed by atoms with E-state index in [-0.39, 0.29) is 12.1 Å². The van der Waals surface area contributed by atoms with Crippen LogP contribution in [0.1, 0.15) is 40.5 Å². The number of ether oxygens (including phenoxy) is 1. The van der Waals surface area contributed by atoms with E-state index in [4.69, 9.17) is 12.6 Å². The third-order valence-corrected chi connectivity index (χ3v) is 6.30. The van der Waals surface area contributed by atoms with Crippen molar-refractivity contribution in [2.24, 2.45) is 0 Å². The molecule has 4 rings (SSSR count). The normalized spacial score (nSPS) is 20.3. The summed E-state index contributed by atoms with van der Waals surface area (Å²) in [5, 5.41) is 10.2. The number of carbonyl (C=O) groups excluding carboxylic acids is 1. The number of hydrogen-bond acceptors (Lipinski definition) is 5. The topological polar surface area (TPSA) is 55.3 Å². The lowest BCUT2D eigenvalue weighted by molar-refractivity contribution is -0.0605. The van der Waals surface area contributed by atoms with Gasteiger partial charge in [0, 0.05) is 19.4 Å². The Kier molecular flexibility index (Phi) is 5.41. The molecule has 0 saturated carbocycles. The average Bonchev–Trinajstić information content (AvgIpc) is 3.13. The van der Waals surface area contributed by atoms with Crippen LogP contribution in [0.4, 0.5) is 4.79 Å². The summed E-state index contributed by atoms with van der Waals surface area (Å²) in [5.74, 6) is 0. The summed E-state index contributed by atoms with van der Waals surface area (Å²) in [7, 11) is 5.79.